The number of aliphatic hydroxyl groups is 1. The van der Waals surface area contributed by atoms with Gasteiger partial charge in [0.15, 0.2) is 0 Å². The highest BCUT2D eigenvalue weighted by Gasteiger charge is 2.30. The third-order valence-corrected chi connectivity index (χ3v) is 4.16. The van der Waals surface area contributed by atoms with Crippen LogP contribution >= 0.6 is 0 Å². The first kappa shape index (κ1) is 16.9. The maximum Gasteiger partial charge on any atom is 0.254 e. The monoisotopic (exact) mass is 335 g/mol. The molecule has 0 saturated carbocycles. The topological polar surface area (TPSA) is 67.2 Å². The molecule has 2 aromatic carbocycles. The van der Waals surface area contributed by atoms with E-state index in [1.54, 1.807) is 17.9 Å². The zero-order chi connectivity index (χ0) is 17.7. The minimum absolute atomic E-state index is 0.111. The highest BCUT2D eigenvalue weighted by atomic mass is 16.3. The first-order valence-corrected chi connectivity index (χ1v) is 8.15. The Kier molecular flexibility index (Phi) is 4.95. The lowest BCUT2D eigenvalue weighted by molar-refractivity contribution is 0.0353. The summed E-state index contributed by atoms with van der Waals surface area (Å²) in [6.45, 7) is 0.111. The zero-order valence-corrected chi connectivity index (χ0v) is 14.1. The lowest BCUT2D eigenvalue weighted by Gasteiger charge is -2.29. The molecule has 0 saturated heterocycles. The molecule has 0 aliphatic rings. The fraction of sp³-hybridized carbons (Fsp3) is 0.200. The van der Waals surface area contributed by atoms with Crippen molar-refractivity contribution in [2.75, 3.05) is 6.54 Å². The first-order chi connectivity index (χ1) is 12.1. The molecule has 5 heteroatoms. The van der Waals surface area contributed by atoms with Gasteiger partial charge in [-0.25, -0.2) is 0 Å². The number of amides is 1. The Balaban J connectivity index is 1.80. The summed E-state index contributed by atoms with van der Waals surface area (Å²) in [6, 6.07) is 19.2. The van der Waals surface area contributed by atoms with Crippen LogP contribution in [-0.2, 0) is 19.1 Å². The Morgan fingerprint density at radius 2 is 1.76 bits per heavy atom. The van der Waals surface area contributed by atoms with E-state index in [1.165, 1.54) is 6.20 Å². The molecule has 0 fully saturated rings. The number of benzene rings is 2. The van der Waals surface area contributed by atoms with E-state index < -0.39 is 5.60 Å². The standard InChI is InChI=1S/C20H21N3O2/c1-23-14-17(13-22-23)19(24)21-15-20(25,18-10-6-3-7-11-18)12-16-8-4-2-5-9-16/h2-11,13-14,25H,12,15H2,1H3,(H,21,24)/t20-/m0/s1. The summed E-state index contributed by atoms with van der Waals surface area (Å²) in [5.74, 6) is -0.254. The van der Waals surface area contributed by atoms with Crippen LogP contribution in [0.3, 0.4) is 0 Å². The molecule has 2 N–H and O–H groups in total. The quantitative estimate of drug-likeness (QED) is 0.726. The van der Waals surface area contributed by atoms with E-state index in [2.05, 4.69) is 10.4 Å². The lowest BCUT2D eigenvalue weighted by Crippen LogP contribution is -2.42. The maximum atomic E-state index is 12.3. The van der Waals surface area contributed by atoms with E-state index in [9.17, 15) is 9.90 Å². The van der Waals surface area contributed by atoms with Crippen molar-refractivity contribution in [2.24, 2.45) is 7.05 Å². The predicted octanol–water partition coefficient (Wildman–Crippen LogP) is 2.28. The second-order valence-corrected chi connectivity index (χ2v) is 6.15. The van der Waals surface area contributed by atoms with Gasteiger partial charge in [0.05, 0.1) is 18.3 Å². The number of aromatic nitrogens is 2. The van der Waals surface area contributed by atoms with Crippen molar-refractivity contribution in [3.63, 3.8) is 0 Å². The van der Waals surface area contributed by atoms with Crippen molar-refractivity contribution in [2.45, 2.75) is 12.0 Å². The third-order valence-electron chi connectivity index (χ3n) is 4.16. The van der Waals surface area contributed by atoms with Gasteiger partial charge in [-0.05, 0) is 11.1 Å². The molecule has 1 atom stereocenters. The van der Waals surface area contributed by atoms with Crippen molar-refractivity contribution in [1.82, 2.24) is 15.1 Å². The second kappa shape index (κ2) is 7.32. The molecule has 0 spiro atoms. The number of carbonyl (C=O) groups excluding carboxylic acids is 1. The summed E-state index contributed by atoms with van der Waals surface area (Å²) >= 11 is 0. The number of hydrogen-bond donors (Lipinski definition) is 2. The molecule has 25 heavy (non-hydrogen) atoms. The molecule has 1 amide bonds. The van der Waals surface area contributed by atoms with Gasteiger partial charge < -0.3 is 10.4 Å². The Morgan fingerprint density at radius 1 is 1.12 bits per heavy atom. The summed E-state index contributed by atoms with van der Waals surface area (Å²) in [5.41, 5.74) is 1.05. The average Bonchev–Trinajstić information content (AvgIpc) is 3.08. The number of carbonyl (C=O) groups is 1. The minimum Gasteiger partial charge on any atom is -0.383 e. The molecule has 3 rings (SSSR count). The van der Waals surface area contributed by atoms with Crippen molar-refractivity contribution >= 4 is 5.91 Å². The van der Waals surface area contributed by atoms with Gasteiger partial charge in [0, 0.05) is 19.7 Å². The number of nitrogens with one attached hydrogen (secondary N) is 1. The Bertz CT molecular complexity index is 830. The van der Waals surface area contributed by atoms with Crippen LogP contribution in [0.5, 0.6) is 0 Å². The van der Waals surface area contributed by atoms with Crippen molar-refractivity contribution in [3.05, 3.63) is 89.7 Å². The van der Waals surface area contributed by atoms with Gasteiger partial charge in [-0.1, -0.05) is 60.7 Å². The predicted molar refractivity (Wildman–Crippen MR) is 96.0 cm³/mol. The maximum absolute atomic E-state index is 12.3. The summed E-state index contributed by atoms with van der Waals surface area (Å²) in [4.78, 5) is 12.3. The summed E-state index contributed by atoms with van der Waals surface area (Å²) in [5, 5.41) is 18.1. The molecule has 0 radical (unpaired) electrons. The molecule has 1 heterocycles. The van der Waals surface area contributed by atoms with Gasteiger partial charge in [0.2, 0.25) is 0 Å². The summed E-state index contributed by atoms with van der Waals surface area (Å²) < 4.78 is 1.57. The van der Waals surface area contributed by atoms with E-state index in [-0.39, 0.29) is 12.5 Å². The molecule has 0 aliphatic heterocycles. The van der Waals surface area contributed by atoms with Gasteiger partial charge in [-0.15, -0.1) is 0 Å². The normalized spacial score (nSPS) is 13.2. The van der Waals surface area contributed by atoms with Crippen LogP contribution < -0.4 is 5.32 Å². The number of nitrogens with zero attached hydrogens (tertiary/aromatic N) is 2. The molecule has 3 aromatic rings. The smallest absolute Gasteiger partial charge is 0.254 e. The second-order valence-electron chi connectivity index (χ2n) is 6.15. The van der Waals surface area contributed by atoms with Crippen LogP contribution in [0.15, 0.2) is 73.1 Å². The molecule has 0 unspecified atom stereocenters. The largest absolute Gasteiger partial charge is 0.383 e. The van der Waals surface area contributed by atoms with E-state index >= 15 is 0 Å². The van der Waals surface area contributed by atoms with Crippen LogP contribution in [-0.4, -0.2) is 27.3 Å². The molecule has 0 bridgehead atoms. The van der Waals surface area contributed by atoms with Gasteiger partial charge in [-0.2, -0.15) is 5.10 Å². The van der Waals surface area contributed by atoms with Gasteiger partial charge in [0.1, 0.15) is 5.60 Å². The van der Waals surface area contributed by atoms with Crippen LogP contribution in [0.2, 0.25) is 0 Å². The van der Waals surface area contributed by atoms with Crippen LogP contribution in [0.25, 0.3) is 0 Å². The van der Waals surface area contributed by atoms with Gasteiger partial charge in [0.25, 0.3) is 5.91 Å². The highest BCUT2D eigenvalue weighted by molar-refractivity contribution is 5.93. The SMILES string of the molecule is Cn1cc(C(=O)NC[C@@](O)(Cc2ccccc2)c2ccccc2)cn1. The van der Waals surface area contributed by atoms with Crippen molar-refractivity contribution < 1.29 is 9.90 Å². The zero-order valence-electron chi connectivity index (χ0n) is 14.1. The Labute approximate surface area is 146 Å². The molecule has 5 nitrogen and oxygen atoms in total. The van der Waals surface area contributed by atoms with Gasteiger partial charge >= 0.3 is 0 Å². The Morgan fingerprint density at radius 3 is 2.36 bits per heavy atom. The lowest BCUT2D eigenvalue weighted by atomic mass is 9.87. The highest BCUT2D eigenvalue weighted by Crippen LogP contribution is 2.25. The molecular formula is C20H21N3O2. The number of hydrogen-bond acceptors (Lipinski definition) is 3. The van der Waals surface area contributed by atoms with Gasteiger partial charge in [-0.3, -0.25) is 9.48 Å². The van der Waals surface area contributed by atoms with E-state index in [1.807, 2.05) is 60.7 Å². The number of aryl methyl sites for hydroxylation is 1. The third kappa shape index (κ3) is 4.14. The molecular weight excluding hydrogens is 314 g/mol. The molecule has 0 aliphatic carbocycles. The molecule has 1 aromatic heterocycles. The van der Waals surface area contributed by atoms with E-state index in [4.69, 9.17) is 0 Å². The van der Waals surface area contributed by atoms with Crippen molar-refractivity contribution in [3.8, 4) is 0 Å². The fourth-order valence-corrected chi connectivity index (χ4v) is 2.82. The summed E-state index contributed by atoms with van der Waals surface area (Å²) in [6.07, 6.45) is 3.56. The van der Waals surface area contributed by atoms with Crippen LogP contribution in [0.1, 0.15) is 21.5 Å². The van der Waals surface area contributed by atoms with E-state index in [0.717, 1.165) is 11.1 Å². The van der Waals surface area contributed by atoms with Crippen molar-refractivity contribution in [1.29, 1.82) is 0 Å². The Hall–Kier alpha value is -2.92. The molecule has 128 valence electrons. The summed E-state index contributed by atoms with van der Waals surface area (Å²) in [7, 11) is 1.76. The van der Waals surface area contributed by atoms with Crippen LogP contribution in [0.4, 0.5) is 0 Å². The van der Waals surface area contributed by atoms with E-state index in [0.29, 0.717) is 12.0 Å². The van der Waals surface area contributed by atoms with Crippen LogP contribution in [0, 0.1) is 0 Å². The average molecular weight is 335 g/mol. The number of rotatable bonds is 6. The fourth-order valence-electron chi connectivity index (χ4n) is 2.82. The minimum atomic E-state index is -1.19. The first-order valence-electron chi connectivity index (χ1n) is 8.15.